The second-order valence-electron chi connectivity index (χ2n) is 8.79. The molecule has 0 aliphatic carbocycles. The Morgan fingerprint density at radius 1 is 0.971 bits per heavy atom. The van der Waals surface area contributed by atoms with E-state index in [2.05, 4.69) is 40.2 Å². The average Bonchev–Trinajstić information content (AvgIpc) is 2.87. The van der Waals surface area contributed by atoms with Crippen LogP contribution in [0.5, 0.6) is 5.75 Å². The Kier molecular flexibility index (Phi) is 8.87. The molecule has 184 valence electrons. The van der Waals surface area contributed by atoms with Crippen LogP contribution in [0.3, 0.4) is 0 Å². The van der Waals surface area contributed by atoms with Crippen molar-refractivity contribution in [1.29, 1.82) is 0 Å². The minimum Gasteiger partial charge on any atom is -0.491 e. The van der Waals surface area contributed by atoms with Crippen LogP contribution in [0.1, 0.15) is 46.6 Å². The van der Waals surface area contributed by atoms with Crippen molar-refractivity contribution in [2.24, 2.45) is 0 Å². The van der Waals surface area contributed by atoms with Crippen molar-refractivity contribution < 1.29 is 14.3 Å². The summed E-state index contributed by atoms with van der Waals surface area (Å²) in [6.45, 7) is 9.41. The highest BCUT2D eigenvalue weighted by Gasteiger charge is 2.16. The minimum absolute atomic E-state index is 0.0550. The summed E-state index contributed by atoms with van der Waals surface area (Å²) in [4.78, 5) is 21.7. The molecule has 0 atom stereocenters. The standard InChI is InChI=1S/C29H35N3O3/c1-3-32(4-2)29(33)25-11-12-28-26(20-25)19-23-8-7-9-24(18-23)21-31(14-15-34-16-17-35-28)22-27-10-5-6-13-30-27/h5-13,18,20H,3-4,14-17,19,21-22H2,1-2H3. The number of benzene rings is 2. The predicted molar refractivity (Wildman–Crippen MR) is 138 cm³/mol. The lowest BCUT2D eigenvalue weighted by atomic mass is 9.99. The van der Waals surface area contributed by atoms with Crippen molar-refractivity contribution in [2.45, 2.75) is 33.4 Å². The van der Waals surface area contributed by atoms with Crippen LogP contribution in [-0.2, 0) is 24.2 Å². The van der Waals surface area contributed by atoms with Gasteiger partial charge in [0.25, 0.3) is 5.91 Å². The number of hydrogen-bond acceptors (Lipinski definition) is 5. The topological polar surface area (TPSA) is 54.9 Å². The Bertz CT molecular complexity index is 1100. The summed E-state index contributed by atoms with van der Waals surface area (Å²) < 4.78 is 12.0. The zero-order valence-corrected chi connectivity index (χ0v) is 20.8. The van der Waals surface area contributed by atoms with Gasteiger partial charge in [-0.3, -0.25) is 14.7 Å². The van der Waals surface area contributed by atoms with E-state index in [-0.39, 0.29) is 5.91 Å². The third-order valence-corrected chi connectivity index (χ3v) is 6.30. The summed E-state index contributed by atoms with van der Waals surface area (Å²) >= 11 is 0. The highest BCUT2D eigenvalue weighted by Crippen LogP contribution is 2.25. The summed E-state index contributed by atoms with van der Waals surface area (Å²) in [6.07, 6.45) is 2.54. The van der Waals surface area contributed by atoms with Gasteiger partial charge in [0, 0.05) is 50.9 Å². The third-order valence-electron chi connectivity index (χ3n) is 6.30. The molecule has 35 heavy (non-hydrogen) atoms. The lowest BCUT2D eigenvalue weighted by Gasteiger charge is -2.23. The summed E-state index contributed by atoms with van der Waals surface area (Å²) in [5.41, 5.74) is 5.21. The van der Waals surface area contributed by atoms with Crippen LogP contribution >= 0.6 is 0 Å². The van der Waals surface area contributed by atoms with E-state index < -0.39 is 0 Å². The second kappa shape index (κ2) is 12.5. The quantitative estimate of drug-likeness (QED) is 0.544. The Balaban J connectivity index is 1.60. The first kappa shape index (κ1) is 24.9. The van der Waals surface area contributed by atoms with Crippen LogP contribution in [0, 0.1) is 0 Å². The van der Waals surface area contributed by atoms with Crippen LogP contribution in [0.15, 0.2) is 66.9 Å². The van der Waals surface area contributed by atoms with E-state index in [9.17, 15) is 4.79 Å². The van der Waals surface area contributed by atoms with E-state index in [1.807, 2.05) is 55.3 Å². The van der Waals surface area contributed by atoms with Crippen molar-refractivity contribution in [3.63, 3.8) is 0 Å². The number of carbonyl (C=O) groups excluding carboxylic acids is 1. The van der Waals surface area contributed by atoms with Gasteiger partial charge in [-0.15, -0.1) is 0 Å². The summed E-state index contributed by atoms with van der Waals surface area (Å²) in [6, 6.07) is 20.5. The Hall–Kier alpha value is -3.22. The Morgan fingerprint density at radius 2 is 1.83 bits per heavy atom. The first-order valence-corrected chi connectivity index (χ1v) is 12.5. The monoisotopic (exact) mass is 473 g/mol. The van der Waals surface area contributed by atoms with E-state index in [0.717, 1.165) is 36.6 Å². The fraction of sp³-hybridized carbons (Fsp3) is 0.379. The number of aromatic nitrogens is 1. The van der Waals surface area contributed by atoms with Gasteiger partial charge >= 0.3 is 0 Å². The van der Waals surface area contributed by atoms with Gasteiger partial charge in [0.05, 0.1) is 18.9 Å². The molecule has 0 saturated carbocycles. The van der Waals surface area contributed by atoms with Gasteiger partial charge in [0.2, 0.25) is 0 Å². The Morgan fingerprint density at radius 3 is 2.63 bits per heavy atom. The number of pyridine rings is 1. The molecule has 0 spiro atoms. The maximum Gasteiger partial charge on any atom is 0.253 e. The molecule has 3 aromatic rings. The third kappa shape index (κ3) is 6.90. The number of ether oxygens (including phenoxy) is 2. The molecule has 1 aromatic heterocycles. The van der Waals surface area contributed by atoms with Gasteiger partial charge in [0.15, 0.2) is 0 Å². The molecule has 2 aromatic carbocycles. The molecular weight excluding hydrogens is 438 g/mol. The summed E-state index contributed by atoms with van der Waals surface area (Å²) in [5, 5.41) is 0. The molecule has 2 bridgehead atoms. The molecule has 0 unspecified atom stereocenters. The number of nitrogens with zero attached hydrogens (tertiary/aromatic N) is 3. The van der Waals surface area contributed by atoms with Gasteiger partial charge in [0.1, 0.15) is 12.4 Å². The molecule has 1 amide bonds. The SMILES string of the molecule is CCN(CC)C(=O)c1ccc2c(c1)Cc1cccc(c1)CN(Cc1ccccn1)CCOCCO2. The molecule has 0 radical (unpaired) electrons. The first-order valence-electron chi connectivity index (χ1n) is 12.5. The normalized spacial score (nSPS) is 14.9. The van der Waals surface area contributed by atoms with Gasteiger partial charge in [-0.25, -0.2) is 0 Å². The van der Waals surface area contributed by atoms with E-state index in [4.69, 9.17) is 9.47 Å². The van der Waals surface area contributed by atoms with E-state index in [0.29, 0.717) is 44.9 Å². The van der Waals surface area contributed by atoms with Crippen molar-refractivity contribution >= 4 is 5.91 Å². The molecule has 6 nitrogen and oxygen atoms in total. The molecule has 2 heterocycles. The van der Waals surface area contributed by atoms with Crippen molar-refractivity contribution in [3.05, 3.63) is 94.8 Å². The lowest BCUT2D eigenvalue weighted by Crippen LogP contribution is -2.30. The van der Waals surface area contributed by atoms with Crippen molar-refractivity contribution in [3.8, 4) is 5.75 Å². The number of rotatable bonds is 5. The highest BCUT2D eigenvalue weighted by atomic mass is 16.5. The Labute approximate surface area is 208 Å². The van der Waals surface area contributed by atoms with Gasteiger partial charge in [-0.05, 0) is 60.9 Å². The van der Waals surface area contributed by atoms with Gasteiger partial charge in [-0.2, -0.15) is 0 Å². The summed E-state index contributed by atoms with van der Waals surface area (Å²) in [7, 11) is 0. The fourth-order valence-electron chi connectivity index (χ4n) is 4.44. The van der Waals surface area contributed by atoms with E-state index in [1.54, 1.807) is 0 Å². The number of carbonyl (C=O) groups is 1. The molecule has 6 heteroatoms. The molecular formula is C29H35N3O3. The van der Waals surface area contributed by atoms with Gasteiger partial charge in [-0.1, -0.05) is 30.3 Å². The van der Waals surface area contributed by atoms with Crippen LogP contribution < -0.4 is 4.74 Å². The first-order chi connectivity index (χ1) is 17.2. The number of hydrogen-bond donors (Lipinski definition) is 0. The van der Waals surface area contributed by atoms with E-state index >= 15 is 0 Å². The van der Waals surface area contributed by atoms with Crippen molar-refractivity contribution in [2.75, 3.05) is 39.5 Å². The largest absolute Gasteiger partial charge is 0.491 e. The maximum absolute atomic E-state index is 13.0. The zero-order chi connectivity index (χ0) is 24.5. The second-order valence-corrected chi connectivity index (χ2v) is 8.79. The minimum atomic E-state index is 0.0550. The average molecular weight is 474 g/mol. The van der Waals surface area contributed by atoms with Crippen molar-refractivity contribution in [1.82, 2.24) is 14.8 Å². The molecule has 4 rings (SSSR count). The smallest absolute Gasteiger partial charge is 0.253 e. The zero-order valence-electron chi connectivity index (χ0n) is 20.8. The highest BCUT2D eigenvalue weighted by molar-refractivity contribution is 5.94. The predicted octanol–water partition coefficient (Wildman–Crippen LogP) is 4.57. The lowest BCUT2D eigenvalue weighted by molar-refractivity contribution is 0.0751. The molecule has 0 fully saturated rings. The number of amides is 1. The van der Waals surface area contributed by atoms with Crippen LogP contribution in [-0.4, -0.2) is 60.1 Å². The molecule has 1 aliphatic heterocycles. The van der Waals surface area contributed by atoms with Crippen LogP contribution in [0.2, 0.25) is 0 Å². The van der Waals surface area contributed by atoms with Crippen LogP contribution in [0.4, 0.5) is 0 Å². The fourth-order valence-corrected chi connectivity index (χ4v) is 4.44. The van der Waals surface area contributed by atoms with Gasteiger partial charge < -0.3 is 14.4 Å². The summed E-state index contributed by atoms with van der Waals surface area (Å²) in [5.74, 6) is 0.864. The molecule has 0 saturated heterocycles. The molecule has 1 aliphatic rings. The van der Waals surface area contributed by atoms with Crippen LogP contribution in [0.25, 0.3) is 0 Å². The number of fused-ring (bicyclic) bond motifs is 3. The van der Waals surface area contributed by atoms with E-state index in [1.165, 1.54) is 11.1 Å². The molecule has 0 N–H and O–H groups in total. The maximum atomic E-state index is 13.0.